The maximum atomic E-state index is 11.5. The van der Waals surface area contributed by atoms with Crippen molar-refractivity contribution in [1.82, 2.24) is 10.9 Å². The average molecular weight is 263 g/mol. The standard InChI is InChI=1S/C13H17N3O3/c14-11(17)7-4-8-12(18)15-16-13(19)9-10-5-2-1-3-6-10/h1-3,5-6H,4,7-9H2,(H2,14,17)(H,15,18)(H,16,19). The molecular formula is C13H17N3O3. The van der Waals surface area contributed by atoms with Gasteiger partial charge in [0.2, 0.25) is 17.7 Å². The highest BCUT2D eigenvalue weighted by atomic mass is 16.2. The third-order valence-corrected chi connectivity index (χ3v) is 2.38. The number of carbonyl (C=O) groups excluding carboxylic acids is 3. The Morgan fingerprint density at radius 1 is 0.947 bits per heavy atom. The first-order chi connectivity index (χ1) is 9.08. The highest BCUT2D eigenvalue weighted by Gasteiger charge is 2.06. The monoisotopic (exact) mass is 263 g/mol. The molecule has 0 heterocycles. The molecule has 0 aromatic heterocycles. The van der Waals surface area contributed by atoms with Crippen LogP contribution in [0.5, 0.6) is 0 Å². The van der Waals surface area contributed by atoms with E-state index in [-0.39, 0.29) is 31.1 Å². The molecule has 0 unspecified atom stereocenters. The summed E-state index contributed by atoms with van der Waals surface area (Å²) in [5.74, 6) is -1.09. The molecule has 6 nitrogen and oxygen atoms in total. The van der Waals surface area contributed by atoms with Gasteiger partial charge in [0, 0.05) is 12.8 Å². The van der Waals surface area contributed by atoms with Gasteiger partial charge in [-0.1, -0.05) is 30.3 Å². The van der Waals surface area contributed by atoms with Gasteiger partial charge >= 0.3 is 0 Å². The van der Waals surface area contributed by atoms with E-state index in [0.29, 0.717) is 6.42 Å². The minimum atomic E-state index is -0.444. The van der Waals surface area contributed by atoms with Gasteiger partial charge in [-0.3, -0.25) is 25.2 Å². The van der Waals surface area contributed by atoms with Crippen molar-refractivity contribution in [1.29, 1.82) is 0 Å². The fourth-order valence-corrected chi connectivity index (χ4v) is 1.45. The van der Waals surface area contributed by atoms with Gasteiger partial charge in [0.25, 0.3) is 0 Å². The number of primary amides is 1. The summed E-state index contributed by atoms with van der Waals surface area (Å²) < 4.78 is 0. The molecule has 1 rings (SSSR count). The fraction of sp³-hybridized carbons (Fsp3) is 0.308. The van der Waals surface area contributed by atoms with Gasteiger partial charge in [-0.05, 0) is 12.0 Å². The van der Waals surface area contributed by atoms with Crippen LogP contribution in [0, 0.1) is 0 Å². The molecule has 4 N–H and O–H groups in total. The molecule has 0 atom stereocenters. The van der Waals surface area contributed by atoms with E-state index in [2.05, 4.69) is 10.9 Å². The zero-order chi connectivity index (χ0) is 14.1. The summed E-state index contributed by atoms with van der Waals surface area (Å²) in [7, 11) is 0. The van der Waals surface area contributed by atoms with Gasteiger partial charge in [0.1, 0.15) is 0 Å². The minimum absolute atomic E-state index is 0.147. The summed E-state index contributed by atoms with van der Waals surface area (Å²) in [4.78, 5) is 33.3. The van der Waals surface area contributed by atoms with Crippen molar-refractivity contribution in [2.24, 2.45) is 5.73 Å². The number of hydrogen-bond donors (Lipinski definition) is 3. The van der Waals surface area contributed by atoms with Crippen molar-refractivity contribution in [3.05, 3.63) is 35.9 Å². The van der Waals surface area contributed by atoms with Gasteiger partial charge in [-0.15, -0.1) is 0 Å². The van der Waals surface area contributed by atoms with Crippen LogP contribution in [0.2, 0.25) is 0 Å². The first kappa shape index (κ1) is 14.7. The molecule has 1 aromatic carbocycles. The summed E-state index contributed by atoms with van der Waals surface area (Å²) in [6.45, 7) is 0. The highest BCUT2D eigenvalue weighted by molar-refractivity contribution is 5.83. The smallest absolute Gasteiger partial charge is 0.242 e. The molecule has 0 aliphatic carbocycles. The minimum Gasteiger partial charge on any atom is -0.370 e. The molecule has 0 fully saturated rings. The molecule has 19 heavy (non-hydrogen) atoms. The van der Waals surface area contributed by atoms with Crippen LogP contribution in [0.3, 0.4) is 0 Å². The van der Waals surface area contributed by atoms with Crippen LogP contribution in [0.15, 0.2) is 30.3 Å². The number of nitrogens with one attached hydrogen (secondary N) is 2. The third-order valence-electron chi connectivity index (χ3n) is 2.38. The lowest BCUT2D eigenvalue weighted by atomic mass is 10.1. The van der Waals surface area contributed by atoms with Crippen LogP contribution in [0.25, 0.3) is 0 Å². The number of carbonyl (C=O) groups is 3. The Labute approximate surface area is 111 Å². The molecule has 1 aromatic rings. The topological polar surface area (TPSA) is 101 Å². The number of nitrogens with two attached hydrogens (primary N) is 1. The Bertz CT molecular complexity index is 446. The molecule has 0 radical (unpaired) electrons. The molecule has 102 valence electrons. The van der Waals surface area contributed by atoms with Gasteiger partial charge in [0.15, 0.2) is 0 Å². The van der Waals surface area contributed by atoms with Gasteiger partial charge in [0.05, 0.1) is 6.42 Å². The number of hydrazine groups is 1. The van der Waals surface area contributed by atoms with Crippen LogP contribution in [0.4, 0.5) is 0 Å². The van der Waals surface area contributed by atoms with Crippen molar-refractivity contribution < 1.29 is 14.4 Å². The number of amides is 3. The van der Waals surface area contributed by atoms with Gasteiger partial charge < -0.3 is 5.73 Å². The lowest BCUT2D eigenvalue weighted by molar-refractivity contribution is -0.128. The molecule has 0 aliphatic rings. The maximum Gasteiger partial charge on any atom is 0.242 e. The highest BCUT2D eigenvalue weighted by Crippen LogP contribution is 1.98. The normalized spacial score (nSPS) is 9.68. The Balaban J connectivity index is 2.19. The summed E-state index contributed by atoms with van der Waals surface area (Å²) in [5, 5.41) is 0. The third kappa shape index (κ3) is 6.82. The van der Waals surface area contributed by atoms with Gasteiger partial charge in [-0.2, -0.15) is 0 Å². The number of benzene rings is 1. The van der Waals surface area contributed by atoms with E-state index in [1.54, 1.807) is 0 Å². The average Bonchev–Trinajstić information content (AvgIpc) is 2.37. The lowest BCUT2D eigenvalue weighted by Gasteiger charge is -2.07. The Morgan fingerprint density at radius 3 is 2.21 bits per heavy atom. The van der Waals surface area contributed by atoms with E-state index in [9.17, 15) is 14.4 Å². The lowest BCUT2D eigenvalue weighted by Crippen LogP contribution is -2.42. The molecular weight excluding hydrogens is 246 g/mol. The van der Waals surface area contributed by atoms with Crippen LogP contribution in [-0.2, 0) is 20.8 Å². The predicted molar refractivity (Wildman–Crippen MR) is 69.5 cm³/mol. The largest absolute Gasteiger partial charge is 0.370 e. The second kappa shape index (κ2) is 7.86. The molecule has 6 heteroatoms. The van der Waals surface area contributed by atoms with Crippen LogP contribution < -0.4 is 16.6 Å². The summed E-state index contributed by atoms with van der Waals surface area (Å²) >= 11 is 0. The van der Waals surface area contributed by atoms with E-state index in [1.165, 1.54) is 0 Å². The Hall–Kier alpha value is -2.37. The van der Waals surface area contributed by atoms with Crippen molar-refractivity contribution >= 4 is 17.7 Å². The van der Waals surface area contributed by atoms with E-state index < -0.39 is 5.91 Å². The second-order valence-electron chi connectivity index (χ2n) is 4.08. The van der Waals surface area contributed by atoms with Gasteiger partial charge in [-0.25, -0.2) is 0 Å². The molecule has 3 amide bonds. The first-order valence-electron chi connectivity index (χ1n) is 5.98. The fourth-order valence-electron chi connectivity index (χ4n) is 1.45. The van der Waals surface area contributed by atoms with Crippen LogP contribution >= 0.6 is 0 Å². The molecule has 0 saturated carbocycles. The van der Waals surface area contributed by atoms with Crippen molar-refractivity contribution in [3.63, 3.8) is 0 Å². The molecule has 0 saturated heterocycles. The Kier molecular flexibility index (Phi) is 6.08. The maximum absolute atomic E-state index is 11.5. The van der Waals surface area contributed by atoms with E-state index in [4.69, 9.17) is 5.73 Å². The predicted octanol–water partition coefficient (Wildman–Crippen LogP) is 0.0321. The van der Waals surface area contributed by atoms with Crippen LogP contribution in [-0.4, -0.2) is 17.7 Å². The van der Waals surface area contributed by atoms with E-state index in [0.717, 1.165) is 5.56 Å². The summed E-state index contributed by atoms with van der Waals surface area (Å²) in [5.41, 5.74) is 10.4. The number of rotatable bonds is 6. The summed E-state index contributed by atoms with van der Waals surface area (Å²) in [6.07, 6.45) is 0.873. The van der Waals surface area contributed by atoms with Crippen molar-refractivity contribution in [2.75, 3.05) is 0 Å². The Morgan fingerprint density at radius 2 is 1.58 bits per heavy atom. The number of hydrogen-bond acceptors (Lipinski definition) is 3. The molecule has 0 bridgehead atoms. The zero-order valence-electron chi connectivity index (χ0n) is 10.5. The molecule has 0 spiro atoms. The van der Waals surface area contributed by atoms with E-state index >= 15 is 0 Å². The first-order valence-corrected chi connectivity index (χ1v) is 5.98. The van der Waals surface area contributed by atoms with Crippen LogP contribution in [0.1, 0.15) is 24.8 Å². The second-order valence-corrected chi connectivity index (χ2v) is 4.08. The van der Waals surface area contributed by atoms with Crippen molar-refractivity contribution in [2.45, 2.75) is 25.7 Å². The molecule has 0 aliphatic heterocycles. The SMILES string of the molecule is NC(=O)CCCC(=O)NNC(=O)Cc1ccccc1. The van der Waals surface area contributed by atoms with E-state index in [1.807, 2.05) is 30.3 Å². The van der Waals surface area contributed by atoms with Crippen molar-refractivity contribution in [3.8, 4) is 0 Å². The quantitative estimate of drug-likeness (QED) is 0.631. The summed E-state index contributed by atoms with van der Waals surface area (Å²) in [6, 6.07) is 9.19. The zero-order valence-corrected chi connectivity index (χ0v) is 10.5.